The number of carbonyl (C=O) groups is 1. The van der Waals surface area contributed by atoms with E-state index in [0.29, 0.717) is 6.07 Å². The molecule has 0 fully saturated rings. The number of nitrogens with zero attached hydrogens (tertiary/aromatic N) is 2. The molecule has 0 aliphatic heterocycles. The molecule has 1 aromatic heterocycles. The Hall–Kier alpha value is -1.66. The van der Waals surface area contributed by atoms with Crippen molar-refractivity contribution in [2.45, 2.75) is 32.4 Å². The number of halogens is 3. The Kier molecular flexibility index (Phi) is 3.13. The van der Waals surface area contributed by atoms with Gasteiger partial charge in [0.1, 0.15) is 11.5 Å². The van der Waals surface area contributed by atoms with Gasteiger partial charge in [-0.15, -0.1) is 0 Å². The summed E-state index contributed by atoms with van der Waals surface area (Å²) in [4.78, 5) is 17.7. The predicted molar refractivity (Wildman–Crippen MR) is 52.7 cm³/mol. The van der Waals surface area contributed by atoms with Gasteiger partial charge in [-0.05, 0) is 0 Å². The molecule has 7 heteroatoms. The molecular weight excluding hydrogens is 237 g/mol. The lowest BCUT2D eigenvalue weighted by Gasteiger charge is -2.18. The maximum atomic E-state index is 12.5. The fourth-order valence-corrected chi connectivity index (χ4v) is 1.04. The van der Waals surface area contributed by atoms with Crippen molar-refractivity contribution < 1.29 is 23.1 Å². The van der Waals surface area contributed by atoms with Crippen LogP contribution in [-0.2, 0) is 11.6 Å². The summed E-state index contributed by atoms with van der Waals surface area (Å²) in [6.07, 6.45) is -4.69. The quantitative estimate of drug-likeness (QED) is 0.829. The first-order valence-electron chi connectivity index (χ1n) is 4.72. The van der Waals surface area contributed by atoms with Crippen LogP contribution in [0.4, 0.5) is 13.2 Å². The highest BCUT2D eigenvalue weighted by atomic mass is 19.4. The summed E-state index contributed by atoms with van der Waals surface area (Å²) in [6, 6.07) is 0.428. The van der Waals surface area contributed by atoms with E-state index in [9.17, 15) is 18.0 Å². The topological polar surface area (TPSA) is 63.1 Å². The van der Waals surface area contributed by atoms with Crippen LogP contribution in [0.3, 0.4) is 0 Å². The number of carboxylic acid groups (broad SMARTS) is 1. The average Bonchev–Trinajstić information content (AvgIpc) is 2.14. The van der Waals surface area contributed by atoms with E-state index in [2.05, 4.69) is 9.97 Å². The average molecular weight is 248 g/mol. The molecule has 0 aromatic carbocycles. The molecule has 0 aliphatic rings. The lowest BCUT2D eigenvalue weighted by molar-refractivity contribution is -0.141. The van der Waals surface area contributed by atoms with Crippen LogP contribution in [0.15, 0.2) is 6.07 Å². The van der Waals surface area contributed by atoms with Gasteiger partial charge >= 0.3 is 12.1 Å². The van der Waals surface area contributed by atoms with Crippen molar-refractivity contribution in [2.75, 3.05) is 0 Å². The number of rotatable bonds is 1. The maximum absolute atomic E-state index is 12.5. The van der Waals surface area contributed by atoms with Crippen LogP contribution < -0.4 is 0 Å². The fraction of sp³-hybridized carbons (Fsp3) is 0.500. The first-order valence-corrected chi connectivity index (χ1v) is 4.72. The van der Waals surface area contributed by atoms with Crippen molar-refractivity contribution in [1.82, 2.24) is 9.97 Å². The normalized spacial score (nSPS) is 12.6. The molecule has 0 saturated carbocycles. The number of aromatic carboxylic acids is 1. The molecular formula is C10H11F3N2O2. The standard InChI is InChI=1S/C10H11F3N2O2/c1-9(2,3)8-14-5(7(16)17)4-6(15-8)10(11,12)13/h4H,1-3H3,(H,16,17). The number of aromatic nitrogens is 2. The minimum absolute atomic E-state index is 0.148. The van der Waals surface area contributed by atoms with Crippen LogP contribution in [0, 0.1) is 0 Å². The van der Waals surface area contributed by atoms with E-state index >= 15 is 0 Å². The number of hydrogen-bond acceptors (Lipinski definition) is 3. The highest BCUT2D eigenvalue weighted by Crippen LogP contribution is 2.29. The van der Waals surface area contributed by atoms with Crippen molar-refractivity contribution >= 4 is 5.97 Å². The molecule has 0 atom stereocenters. The van der Waals surface area contributed by atoms with Gasteiger partial charge in [-0.3, -0.25) is 0 Å². The number of hydrogen-bond donors (Lipinski definition) is 1. The first-order chi connectivity index (χ1) is 7.51. The molecule has 0 radical (unpaired) electrons. The largest absolute Gasteiger partial charge is 0.477 e. The minimum Gasteiger partial charge on any atom is -0.477 e. The zero-order chi connectivity index (χ0) is 13.4. The fourth-order valence-electron chi connectivity index (χ4n) is 1.04. The van der Waals surface area contributed by atoms with Gasteiger partial charge in [-0.2, -0.15) is 13.2 Å². The van der Waals surface area contributed by atoms with Crippen LogP contribution in [0.25, 0.3) is 0 Å². The molecule has 4 nitrogen and oxygen atoms in total. The summed E-state index contributed by atoms with van der Waals surface area (Å²) in [7, 11) is 0. The Morgan fingerprint density at radius 1 is 1.24 bits per heavy atom. The summed E-state index contributed by atoms with van der Waals surface area (Å²) >= 11 is 0. The van der Waals surface area contributed by atoms with Crippen molar-refractivity contribution in [3.8, 4) is 0 Å². The van der Waals surface area contributed by atoms with Gasteiger partial charge in [-0.1, -0.05) is 20.8 Å². The van der Waals surface area contributed by atoms with Crippen LogP contribution in [-0.4, -0.2) is 21.0 Å². The molecule has 0 bridgehead atoms. The molecule has 1 N–H and O–H groups in total. The second-order valence-electron chi connectivity index (χ2n) is 4.51. The van der Waals surface area contributed by atoms with E-state index < -0.39 is 28.9 Å². The lowest BCUT2D eigenvalue weighted by Crippen LogP contribution is -2.22. The van der Waals surface area contributed by atoms with E-state index in [-0.39, 0.29) is 5.82 Å². The predicted octanol–water partition coefficient (Wildman–Crippen LogP) is 2.49. The second kappa shape index (κ2) is 3.97. The van der Waals surface area contributed by atoms with Crippen LogP contribution in [0.5, 0.6) is 0 Å². The lowest BCUT2D eigenvalue weighted by atomic mass is 9.95. The Morgan fingerprint density at radius 3 is 2.12 bits per heavy atom. The minimum atomic E-state index is -4.69. The van der Waals surface area contributed by atoms with Gasteiger partial charge in [-0.25, -0.2) is 14.8 Å². The van der Waals surface area contributed by atoms with Crippen LogP contribution in [0.1, 0.15) is 42.8 Å². The summed E-state index contributed by atoms with van der Waals surface area (Å²) in [6.45, 7) is 4.82. The van der Waals surface area contributed by atoms with Crippen LogP contribution >= 0.6 is 0 Å². The van der Waals surface area contributed by atoms with Gasteiger partial charge in [0, 0.05) is 11.5 Å². The van der Waals surface area contributed by atoms with Gasteiger partial charge in [0.05, 0.1) is 0 Å². The Bertz CT molecular complexity index is 418. The third kappa shape index (κ3) is 3.15. The summed E-state index contributed by atoms with van der Waals surface area (Å²) < 4.78 is 37.5. The van der Waals surface area contributed by atoms with E-state index in [1.54, 1.807) is 20.8 Å². The van der Waals surface area contributed by atoms with Gasteiger partial charge in [0.25, 0.3) is 0 Å². The van der Waals surface area contributed by atoms with E-state index in [1.807, 2.05) is 0 Å². The second-order valence-corrected chi connectivity index (χ2v) is 4.51. The van der Waals surface area contributed by atoms with Gasteiger partial charge in [0.2, 0.25) is 0 Å². The molecule has 94 valence electrons. The summed E-state index contributed by atoms with van der Waals surface area (Å²) in [5.74, 6) is -1.66. The first kappa shape index (κ1) is 13.4. The molecule has 0 amide bonds. The molecule has 1 heterocycles. The summed E-state index contributed by atoms with van der Waals surface area (Å²) in [5, 5.41) is 8.71. The van der Waals surface area contributed by atoms with Crippen molar-refractivity contribution in [2.24, 2.45) is 0 Å². The van der Waals surface area contributed by atoms with E-state index in [1.165, 1.54) is 0 Å². The van der Waals surface area contributed by atoms with E-state index in [4.69, 9.17) is 5.11 Å². The molecule has 0 spiro atoms. The number of carboxylic acids is 1. The van der Waals surface area contributed by atoms with Crippen LogP contribution in [0.2, 0.25) is 0 Å². The van der Waals surface area contributed by atoms with E-state index in [0.717, 1.165) is 0 Å². The van der Waals surface area contributed by atoms with Gasteiger partial charge in [0.15, 0.2) is 5.69 Å². The Morgan fingerprint density at radius 2 is 1.76 bits per heavy atom. The maximum Gasteiger partial charge on any atom is 0.433 e. The van der Waals surface area contributed by atoms with Crippen molar-refractivity contribution in [3.05, 3.63) is 23.3 Å². The third-order valence-corrected chi connectivity index (χ3v) is 1.91. The SMILES string of the molecule is CC(C)(C)c1nc(C(=O)O)cc(C(F)(F)F)n1. The third-order valence-electron chi connectivity index (χ3n) is 1.91. The Balaban J connectivity index is 3.45. The zero-order valence-corrected chi connectivity index (χ0v) is 9.46. The molecule has 17 heavy (non-hydrogen) atoms. The molecule has 1 aromatic rings. The highest BCUT2D eigenvalue weighted by molar-refractivity contribution is 5.85. The molecule has 0 saturated heterocycles. The monoisotopic (exact) mass is 248 g/mol. The van der Waals surface area contributed by atoms with Crippen molar-refractivity contribution in [3.63, 3.8) is 0 Å². The Labute approximate surface area is 95.5 Å². The zero-order valence-electron chi connectivity index (χ0n) is 9.46. The summed E-state index contributed by atoms with van der Waals surface area (Å²) in [5.41, 5.74) is -2.65. The number of alkyl halides is 3. The smallest absolute Gasteiger partial charge is 0.433 e. The van der Waals surface area contributed by atoms with Gasteiger partial charge < -0.3 is 5.11 Å². The van der Waals surface area contributed by atoms with Crippen molar-refractivity contribution in [1.29, 1.82) is 0 Å². The molecule has 1 rings (SSSR count). The highest BCUT2D eigenvalue weighted by Gasteiger charge is 2.35. The molecule has 0 unspecified atom stereocenters. The molecule has 0 aliphatic carbocycles.